The minimum Gasteiger partial charge on any atom is -0.459 e. The molecule has 1 saturated heterocycles. The van der Waals surface area contributed by atoms with Gasteiger partial charge >= 0.3 is 12.2 Å². The molecule has 1 fully saturated rings. The van der Waals surface area contributed by atoms with E-state index >= 15 is 0 Å². The van der Waals surface area contributed by atoms with Gasteiger partial charge < -0.3 is 20.2 Å². The number of amides is 2. The molecule has 0 spiro atoms. The lowest BCUT2D eigenvalue weighted by Crippen LogP contribution is -2.72. The van der Waals surface area contributed by atoms with Gasteiger partial charge in [-0.05, 0) is 36.4 Å². The number of hydrogen-bond donors (Lipinski definition) is 3. The molecule has 1 aliphatic rings. The standard InChI is InChI=1S/C22H16ClF3N2O4/c23-14-8-6-12(7-9-14)15-10-11-16(32-15)18-17(19(29)13-4-2-1-3-5-13)21(31,22(24,25)26)28-20(30)27-18/h1-11,17-18,31H,(H2,27,28,30). The molecule has 0 aliphatic carbocycles. The first kappa shape index (κ1) is 21.9. The monoisotopic (exact) mass is 464 g/mol. The molecule has 3 aromatic rings. The van der Waals surface area contributed by atoms with Gasteiger partial charge in [-0.15, -0.1) is 0 Å². The van der Waals surface area contributed by atoms with E-state index in [1.165, 1.54) is 41.7 Å². The summed E-state index contributed by atoms with van der Waals surface area (Å²) in [5.74, 6) is -3.02. The summed E-state index contributed by atoms with van der Waals surface area (Å²) in [6.45, 7) is 0. The van der Waals surface area contributed by atoms with Crippen LogP contribution in [0.5, 0.6) is 0 Å². The average Bonchev–Trinajstić information content (AvgIpc) is 3.23. The number of furan rings is 1. The number of aliphatic hydroxyl groups is 1. The van der Waals surface area contributed by atoms with Crippen molar-refractivity contribution in [2.24, 2.45) is 5.92 Å². The molecular formula is C22H16ClF3N2O4. The largest absolute Gasteiger partial charge is 0.459 e. The summed E-state index contributed by atoms with van der Waals surface area (Å²) in [6, 6.07) is 13.7. The molecule has 3 N–H and O–H groups in total. The number of alkyl halides is 3. The predicted molar refractivity (Wildman–Crippen MR) is 109 cm³/mol. The van der Waals surface area contributed by atoms with Crippen molar-refractivity contribution >= 4 is 23.4 Å². The van der Waals surface area contributed by atoms with E-state index in [0.717, 1.165) is 0 Å². The predicted octanol–water partition coefficient (Wildman–Crippen LogP) is 4.70. The SMILES string of the molecule is O=C1NC(c2ccc(-c3ccc(Cl)cc3)o2)C(C(=O)c2ccccc2)C(O)(C(F)(F)F)N1. The molecule has 166 valence electrons. The van der Waals surface area contributed by atoms with Crippen LogP contribution in [0.3, 0.4) is 0 Å². The molecule has 1 aromatic heterocycles. The third-order valence-corrected chi connectivity index (χ3v) is 5.46. The van der Waals surface area contributed by atoms with Gasteiger partial charge in [-0.25, -0.2) is 4.79 Å². The van der Waals surface area contributed by atoms with Crippen molar-refractivity contribution in [3.63, 3.8) is 0 Å². The van der Waals surface area contributed by atoms with Crippen LogP contribution in [-0.4, -0.2) is 28.8 Å². The Morgan fingerprint density at radius 3 is 2.31 bits per heavy atom. The number of benzene rings is 2. The molecule has 3 unspecified atom stereocenters. The molecule has 6 nitrogen and oxygen atoms in total. The number of carbonyl (C=O) groups is 2. The van der Waals surface area contributed by atoms with Crippen molar-refractivity contribution in [2.75, 3.05) is 0 Å². The van der Waals surface area contributed by atoms with E-state index in [2.05, 4.69) is 5.32 Å². The van der Waals surface area contributed by atoms with Crippen molar-refractivity contribution in [1.29, 1.82) is 0 Å². The number of Topliss-reactive ketones (excluding diaryl/α,β-unsaturated/α-hetero) is 1. The van der Waals surface area contributed by atoms with Gasteiger partial charge in [0.05, 0.1) is 0 Å². The van der Waals surface area contributed by atoms with Gasteiger partial charge in [-0.1, -0.05) is 41.9 Å². The molecule has 2 amide bonds. The molecule has 0 bridgehead atoms. The number of ketones is 1. The maximum atomic E-state index is 13.9. The minimum atomic E-state index is -5.34. The van der Waals surface area contributed by atoms with Crippen LogP contribution in [0.2, 0.25) is 5.02 Å². The van der Waals surface area contributed by atoms with E-state index in [1.54, 1.807) is 30.3 Å². The molecule has 3 atom stereocenters. The maximum absolute atomic E-state index is 13.9. The highest BCUT2D eigenvalue weighted by Crippen LogP contribution is 2.44. The van der Waals surface area contributed by atoms with Crippen molar-refractivity contribution in [1.82, 2.24) is 10.6 Å². The normalized spacial score (nSPS) is 23.3. The summed E-state index contributed by atoms with van der Waals surface area (Å²) in [4.78, 5) is 25.2. The highest BCUT2D eigenvalue weighted by Gasteiger charge is 2.66. The Balaban J connectivity index is 1.80. The Labute approximate surface area is 185 Å². The zero-order valence-corrected chi connectivity index (χ0v) is 16.9. The Morgan fingerprint density at radius 2 is 1.69 bits per heavy atom. The quantitative estimate of drug-likeness (QED) is 0.488. The molecule has 10 heteroatoms. The van der Waals surface area contributed by atoms with Crippen LogP contribution < -0.4 is 10.6 Å². The van der Waals surface area contributed by atoms with E-state index in [1.807, 2.05) is 0 Å². The topological polar surface area (TPSA) is 91.6 Å². The molecule has 0 radical (unpaired) electrons. The lowest BCUT2D eigenvalue weighted by atomic mass is 9.79. The maximum Gasteiger partial charge on any atom is 0.437 e. The van der Waals surface area contributed by atoms with Crippen molar-refractivity contribution in [3.05, 3.63) is 83.1 Å². The number of rotatable bonds is 4. The molecule has 4 rings (SSSR count). The second kappa shape index (κ2) is 7.99. The molecule has 32 heavy (non-hydrogen) atoms. The van der Waals surface area contributed by atoms with Crippen LogP contribution in [0, 0.1) is 5.92 Å². The zero-order chi connectivity index (χ0) is 23.1. The number of hydrogen-bond acceptors (Lipinski definition) is 4. The van der Waals surface area contributed by atoms with Gasteiger partial charge in [-0.3, -0.25) is 4.79 Å². The first-order valence-corrected chi connectivity index (χ1v) is 9.80. The zero-order valence-electron chi connectivity index (χ0n) is 16.2. The fraction of sp³-hybridized carbons (Fsp3) is 0.182. The first-order valence-electron chi connectivity index (χ1n) is 9.43. The van der Waals surface area contributed by atoms with Gasteiger partial charge in [-0.2, -0.15) is 13.2 Å². The summed E-state index contributed by atoms with van der Waals surface area (Å²) in [6.07, 6.45) is -5.34. The van der Waals surface area contributed by atoms with Crippen LogP contribution in [0.15, 0.2) is 71.1 Å². The third-order valence-electron chi connectivity index (χ3n) is 5.21. The van der Waals surface area contributed by atoms with Gasteiger partial charge in [0, 0.05) is 16.1 Å². The number of nitrogens with one attached hydrogen (secondary N) is 2. The van der Waals surface area contributed by atoms with Crippen LogP contribution in [0.1, 0.15) is 22.2 Å². The van der Waals surface area contributed by atoms with Gasteiger partial charge in [0.2, 0.25) is 5.72 Å². The van der Waals surface area contributed by atoms with Crippen LogP contribution in [0.4, 0.5) is 18.0 Å². The summed E-state index contributed by atoms with van der Waals surface area (Å²) >= 11 is 5.87. The van der Waals surface area contributed by atoms with Crippen LogP contribution >= 0.6 is 11.6 Å². The van der Waals surface area contributed by atoms with E-state index in [4.69, 9.17) is 16.0 Å². The van der Waals surface area contributed by atoms with Crippen molar-refractivity contribution < 1.29 is 32.3 Å². The van der Waals surface area contributed by atoms with Crippen LogP contribution in [-0.2, 0) is 0 Å². The summed E-state index contributed by atoms with van der Waals surface area (Å²) in [7, 11) is 0. The van der Waals surface area contributed by atoms with Gasteiger partial charge in [0.15, 0.2) is 5.78 Å². The van der Waals surface area contributed by atoms with Gasteiger partial charge in [0.25, 0.3) is 0 Å². The number of carbonyl (C=O) groups excluding carboxylic acids is 2. The smallest absolute Gasteiger partial charge is 0.437 e. The Bertz CT molecular complexity index is 1150. The van der Waals surface area contributed by atoms with Crippen molar-refractivity contribution in [2.45, 2.75) is 17.9 Å². The number of urea groups is 1. The Hall–Kier alpha value is -3.30. The van der Waals surface area contributed by atoms with E-state index in [0.29, 0.717) is 10.6 Å². The second-order valence-electron chi connectivity index (χ2n) is 7.26. The van der Waals surface area contributed by atoms with Crippen molar-refractivity contribution in [3.8, 4) is 11.3 Å². The Morgan fingerprint density at radius 1 is 1.03 bits per heavy atom. The fourth-order valence-electron chi connectivity index (χ4n) is 3.65. The highest BCUT2D eigenvalue weighted by molar-refractivity contribution is 6.30. The molecule has 2 heterocycles. The molecule has 1 aliphatic heterocycles. The highest BCUT2D eigenvalue weighted by atomic mass is 35.5. The lowest BCUT2D eigenvalue weighted by Gasteiger charge is -2.44. The molecule has 0 saturated carbocycles. The van der Waals surface area contributed by atoms with E-state index in [9.17, 15) is 27.9 Å². The lowest BCUT2D eigenvalue weighted by molar-refractivity contribution is -0.288. The summed E-state index contributed by atoms with van der Waals surface area (Å²) in [5.41, 5.74) is -3.30. The average molecular weight is 465 g/mol. The Kier molecular flexibility index (Phi) is 5.47. The van der Waals surface area contributed by atoms with E-state index < -0.39 is 35.7 Å². The van der Waals surface area contributed by atoms with E-state index in [-0.39, 0.29) is 17.1 Å². The number of halogens is 4. The fourth-order valence-corrected chi connectivity index (χ4v) is 3.77. The first-order chi connectivity index (χ1) is 15.1. The summed E-state index contributed by atoms with van der Waals surface area (Å²) in [5, 5.41) is 14.8. The molecular weight excluding hydrogens is 449 g/mol. The van der Waals surface area contributed by atoms with Crippen LogP contribution in [0.25, 0.3) is 11.3 Å². The summed E-state index contributed by atoms with van der Waals surface area (Å²) < 4.78 is 47.5. The molecule has 2 aromatic carbocycles. The second-order valence-corrected chi connectivity index (χ2v) is 7.69. The third kappa shape index (κ3) is 3.85. The minimum absolute atomic E-state index is 0.0624. The van der Waals surface area contributed by atoms with Gasteiger partial charge in [0.1, 0.15) is 23.5 Å².